The van der Waals surface area contributed by atoms with Crippen molar-refractivity contribution in [2.24, 2.45) is 5.16 Å². The second-order valence-electron chi connectivity index (χ2n) is 2.57. The molecule has 3 N–H and O–H groups in total. The zero-order valence-corrected chi connectivity index (χ0v) is 7.56. The van der Waals surface area contributed by atoms with E-state index >= 15 is 0 Å². The van der Waals surface area contributed by atoms with Crippen LogP contribution in [-0.4, -0.2) is 29.0 Å². The third kappa shape index (κ3) is 2.01. The third-order valence-electron chi connectivity index (χ3n) is 1.68. The van der Waals surface area contributed by atoms with Crippen molar-refractivity contribution >= 4 is 11.6 Å². The quantitative estimate of drug-likeness (QED) is 0.360. The summed E-state index contributed by atoms with van der Waals surface area (Å²) in [5.74, 6) is -0.402. The molecule has 1 amide bonds. The van der Waals surface area contributed by atoms with Crippen LogP contribution in [0.1, 0.15) is 5.56 Å². The first-order chi connectivity index (χ1) is 6.69. The van der Waals surface area contributed by atoms with Crippen LogP contribution in [0.4, 0.5) is 0 Å². The molecule has 1 aromatic rings. The van der Waals surface area contributed by atoms with Crippen LogP contribution in [0.2, 0.25) is 0 Å². The van der Waals surface area contributed by atoms with Gasteiger partial charge < -0.3 is 15.6 Å². The van der Waals surface area contributed by atoms with Crippen molar-refractivity contribution in [2.75, 3.05) is 7.05 Å². The lowest BCUT2D eigenvalue weighted by molar-refractivity contribution is -0.114. The maximum Gasteiger partial charge on any atom is 0.273 e. The van der Waals surface area contributed by atoms with Gasteiger partial charge in [-0.1, -0.05) is 5.16 Å². The average Bonchev–Trinajstić information content (AvgIpc) is 2.21. The van der Waals surface area contributed by atoms with Crippen molar-refractivity contribution in [1.29, 1.82) is 0 Å². The highest BCUT2D eigenvalue weighted by Crippen LogP contribution is 2.10. The summed E-state index contributed by atoms with van der Waals surface area (Å²) < 4.78 is 0. The van der Waals surface area contributed by atoms with Crippen LogP contribution >= 0.6 is 0 Å². The van der Waals surface area contributed by atoms with Crippen molar-refractivity contribution < 1.29 is 15.1 Å². The number of phenolic OH excluding ortho intramolecular Hbond substituents is 1. The molecule has 0 radical (unpaired) electrons. The number of carbonyl (C=O) groups is 1. The smallest absolute Gasteiger partial charge is 0.273 e. The second-order valence-corrected chi connectivity index (χ2v) is 2.57. The van der Waals surface area contributed by atoms with E-state index in [9.17, 15) is 4.79 Å². The highest BCUT2D eigenvalue weighted by molar-refractivity contribution is 6.45. The summed E-state index contributed by atoms with van der Waals surface area (Å²) >= 11 is 0. The molecule has 5 heteroatoms. The summed E-state index contributed by atoms with van der Waals surface area (Å²) in [7, 11) is 1.44. The molecule has 0 aliphatic rings. The Morgan fingerprint density at radius 2 is 1.93 bits per heavy atom. The molecule has 0 unspecified atom stereocenters. The molecule has 74 valence electrons. The lowest BCUT2D eigenvalue weighted by atomic mass is 10.1. The number of likely N-dealkylation sites (N-methyl/N-ethyl adjacent to an activating group) is 1. The Kier molecular flexibility index (Phi) is 3.06. The van der Waals surface area contributed by atoms with E-state index in [0.717, 1.165) is 0 Å². The summed E-state index contributed by atoms with van der Waals surface area (Å²) in [6.45, 7) is 0. The molecule has 1 aromatic carbocycles. The van der Waals surface area contributed by atoms with Gasteiger partial charge in [0, 0.05) is 12.6 Å². The molecule has 1 rings (SSSR count). The maximum atomic E-state index is 11.2. The third-order valence-corrected chi connectivity index (χ3v) is 1.68. The average molecular weight is 194 g/mol. The zero-order chi connectivity index (χ0) is 10.6. The Hall–Kier alpha value is -2.04. The number of benzene rings is 1. The number of phenols is 1. The van der Waals surface area contributed by atoms with Crippen molar-refractivity contribution in [1.82, 2.24) is 5.32 Å². The van der Waals surface area contributed by atoms with E-state index < -0.39 is 5.91 Å². The molecule has 0 fully saturated rings. The predicted octanol–water partition coefficient (Wildman–Crippen LogP) is 0.316. The van der Waals surface area contributed by atoms with Gasteiger partial charge in [-0.3, -0.25) is 4.79 Å². The minimum absolute atomic E-state index is 0.0861. The van der Waals surface area contributed by atoms with Crippen molar-refractivity contribution in [2.45, 2.75) is 0 Å². The van der Waals surface area contributed by atoms with Gasteiger partial charge >= 0.3 is 0 Å². The number of nitrogens with one attached hydrogen (secondary N) is 1. The fourth-order valence-corrected chi connectivity index (χ4v) is 0.972. The number of oxime groups is 1. The monoisotopic (exact) mass is 194 g/mol. The second kappa shape index (κ2) is 4.27. The van der Waals surface area contributed by atoms with Crippen molar-refractivity contribution in [3.05, 3.63) is 29.8 Å². The maximum absolute atomic E-state index is 11.2. The molecule has 0 heterocycles. The van der Waals surface area contributed by atoms with Crippen LogP contribution in [0.3, 0.4) is 0 Å². The molecule has 0 spiro atoms. The molecule has 0 atom stereocenters. The van der Waals surface area contributed by atoms with Gasteiger partial charge in [-0.15, -0.1) is 0 Å². The summed E-state index contributed by atoms with van der Waals surface area (Å²) in [5.41, 5.74) is 0.345. The van der Waals surface area contributed by atoms with E-state index in [2.05, 4.69) is 10.5 Å². The standard InChI is InChI=1S/C9H10N2O3/c1-10-9(13)8(11-14)6-2-4-7(12)5-3-6/h2-5,12,14H,1H3,(H,10,13)/b11-8+. The molecule has 14 heavy (non-hydrogen) atoms. The first-order valence-corrected chi connectivity index (χ1v) is 3.92. The Labute approximate surface area is 80.7 Å². The molecule has 0 aliphatic heterocycles. The largest absolute Gasteiger partial charge is 0.508 e. The Morgan fingerprint density at radius 1 is 1.36 bits per heavy atom. The number of amides is 1. The van der Waals surface area contributed by atoms with Crippen LogP contribution in [0.25, 0.3) is 0 Å². The van der Waals surface area contributed by atoms with Gasteiger partial charge in [0.1, 0.15) is 5.75 Å². The Balaban J connectivity index is 3.03. The van der Waals surface area contributed by atoms with Gasteiger partial charge in [-0.2, -0.15) is 0 Å². The summed E-state index contributed by atoms with van der Waals surface area (Å²) in [4.78, 5) is 11.2. The Morgan fingerprint density at radius 3 is 2.36 bits per heavy atom. The van der Waals surface area contributed by atoms with Crippen molar-refractivity contribution in [3.8, 4) is 5.75 Å². The number of hydrogen-bond donors (Lipinski definition) is 3. The number of nitrogens with zero attached hydrogens (tertiary/aromatic N) is 1. The van der Waals surface area contributed by atoms with Gasteiger partial charge in [-0.05, 0) is 24.3 Å². The van der Waals surface area contributed by atoms with Crippen LogP contribution in [0.15, 0.2) is 29.4 Å². The van der Waals surface area contributed by atoms with E-state index in [-0.39, 0.29) is 11.5 Å². The summed E-state index contributed by atoms with van der Waals surface area (Å²) in [6.07, 6.45) is 0. The molecule has 5 nitrogen and oxygen atoms in total. The SMILES string of the molecule is CNC(=O)/C(=N/O)c1ccc(O)cc1. The predicted molar refractivity (Wildman–Crippen MR) is 50.5 cm³/mol. The van der Waals surface area contributed by atoms with Crippen LogP contribution < -0.4 is 5.32 Å². The van der Waals surface area contributed by atoms with Gasteiger partial charge in [0.25, 0.3) is 5.91 Å². The van der Waals surface area contributed by atoms with E-state index in [1.807, 2.05) is 0 Å². The first-order valence-electron chi connectivity index (χ1n) is 3.92. The van der Waals surface area contributed by atoms with Gasteiger partial charge in [0.05, 0.1) is 0 Å². The van der Waals surface area contributed by atoms with Gasteiger partial charge in [-0.25, -0.2) is 0 Å². The summed E-state index contributed by atoms with van der Waals surface area (Å²) in [6, 6.07) is 5.78. The topological polar surface area (TPSA) is 81.9 Å². The number of carbonyl (C=O) groups excluding carboxylic acids is 1. The van der Waals surface area contributed by atoms with Crippen LogP contribution in [0.5, 0.6) is 5.75 Å². The molecule has 0 aliphatic carbocycles. The minimum atomic E-state index is -0.488. The molecule has 0 saturated heterocycles. The minimum Gasteiger partial charge on any atom is -0.508 e. The van der Waals surface area contributed by atoms with E-state index in [4.69, 9.17) is 10.3 Å². The van der Waals surface area contributed by atoms with Gasteiger partial charge in [0.15, 0.2) is 5.71 Å². The van der Waals surface area contributed by atoms with Crippen molar-refractivity contribution in [3.63, 3.8) is 0 Å². The van der Waals surface area contributed by atoms with Gasteiger partial charge in [0.2, 0.25) is 0 Å². The molecule has 0 saturated carbocycles. The molecular formula is C9H10N2O3. The Bertz CT molecular complexity index is 357. The lowest BCUT2D eigenvalue weighted by Crippen LogP contribution is -2.28. The number of aromatic hydroxyl groups is 1. The first kappa shape index (κ1) is 10.0. The molecular weight excluding hydrogens is 184 g/mol. The molecule has 0 aromatic heterocycles. The highest BCUT2D eigenvalue weighted by Gasteiger charge is 2.12. The van der Waals surface area contributed by atoms with E-state index in [1.165, 1.54) is 31.3 Å². The lowest BCUT2D eigenvalue weighted by Gasteiger charge is -2.02. The van der Waals surface area contributed by atoms with Crippen LogP contribution in [-0.2, 0) is 4.79 Å². The summed E-state index contributed by atoms with van der Waals surface area (Å²) in [5, 5.41) is 22.8. The van der Waals surface area contributed by atoms with E-state index in [0.29, 0.717) is 5.56 Å². The van der Waals surface area contributed by atoms with E-state index in [1.54, 1.807) is 0 Å². The highest BCUT2D eigenvalue weighted by atomic mass is 16.4. The number of rotatable bonds is 2. The normalized spacial score (nSPS) is 11.1. The molecule has 0 bridgehead atoms. The van der Waals surface area contributed by atoms with Crippen LogP contribution in [0, 0.1) is 0 Å². The fraction of sp³-hybridized carbons (Fsp3) is 0.111. The fourth-order valence-electron chi connectivity index (χ4n) is 0.972. The zero-order valence-electron chi connectivity index (χ0n) is 7.56. The number of hydrogen-bond acceptors (Lipinski definition) is 4.